The van der Waals surface area contributed by atoms with Gasteiger partial charge < -0.3 is 24.7 Å². The first-order valence-corrected chi connectivity index (χ1v) is 10.4. The van der Waals surface area contributed by atoms with Crippen molar-refractivity contribution in [2.24, 2.45) is 0 Å². The van der Waals surface area contributed by atoms with E-state index in [4.69, 9.17) is 21.1 Å². The molecule has 3 aromatic rings. The zero-order chi connectivity index (χ0) is 21.4. The van der Waals surface area contributed by atoms with E-state index < -0.39 is 5.82 Å². The second kappa shape index (κ2) is 8.27. The van der Waals surface area contributed by atoms with Crippen molar-refractivity contribution in [2.45, 2.75) is 25.0 Å². The number of anilines is 1. The number of rotatable bonds is 4. The van der Waals surface area contributed by atoms with Gasteiger partial charge in [0, 0.05) is 48.9 Å². The molecule has 0 unspecified atom stereocenters. The summed E-state index contributed by atoms with van der Waals surface area (Å²) in [5, 5.41) is 4.33. The average molecular weight is 447 g/mol. The Balaban J connectivity index is 1.30. The van der Waals surface area contributed by atoms with Crippen LogP contribution in [-0.4, -0.2) is 69.4 Å². The van der Waals surface area contributed by atoms with Gasteiger partial charge in [-0.3, -0.25) is 0 Å². The van der Waals surface area contributed by atoms with E-state index in [0.29, 0.717) is 61.2 Å². The third kappa shape index (κ3) is 4.13. The summed E-state index contributed by atoms with van der Waals surface area (Å²) < 4.78 is 25.1. The minimum Gasteiger partial charge on any atom is -0.444 e. The third-order valence-corrected chi connectivity index (χ3v) is 5.63. The van der Waals surface area contributed by atoms with Crippen LogP contribution < -0.4 is 5.32 Å². The maximum Gasteiger partial charge on any atom is 0.410 e. The van der Waals surface area contributed by atoms with Crippen molar-refractivity contribution >= 4 is 34.5 Å². The average Bonchev–Trinajstić information content (AvgIpc) is 3.50. The largest absolute Gasteiger partial charge is 0.444 e. The standard InChI is InChI=1S/C20H20ClFN6O3/c21-11-5-14-15(7-24-17(14)23-6-11)18-25-8-16(22)19(27-18)26-12-1-3-28(9-12)20(29)31-13-2-4-30-10-13/h5-8,12-13H,1-4,9-10H2,(H,23,24)(H,25,26,27)/t12-,13-/m0/s1. The molecule has 31 heavy (non-hydrogen) atoms. The number of ether oxygens (including phenoxy) is 2. The molecule has 2 N–H and O–H groups in total. The van der Waals surface area contributed by atoms with Crippen molar-refractivity contribution in [3.05, 3.63) is 35.5 Å². The van der Waals surface area contributed by atoms with E-state index in [0.717, 1.165) is 11.6 Å². The number of halogens is 2. The summed E-state index contributed by atoms with van der Waals surface area (Å²) in [6.07, 6.45) is 5.19. The monoisotopic (exact) mass is 446 g/mol. The molecule has 0 spiro atoms. The fraction of sp³-hybridized carbons (Fsp3) is 0.400. The lowest BCUT2D eigenvalue weighted by Gasteiger charge is -2.19. The van der Waals surface area contributed by atoms with Crippen LogP contribution in [0.5, 0.6) is 0 Å². The maximum absolute atomic E-state index is 14.4. The summed E-state index contributed by atoms with van der Waals surface area (Å²) in [6.45, 7) is 1.97. The number of likely N-dealkylation sites (tertiary alicyclic amines) is 1. The normalized spacial score (nSPS) is 21.0. The zero-order valence-corrected chi connectivity index (χ0v) is 17.2. The van der Waals surface area contributed by atoms with Crippen LogP contribution in [0.1, 0.15) is 12.8 Å². The molecule has 2 saturated heterocycles. The van der Waals surface area contributed by atoms with Crippen LogP contribution in [0, 0.1) is 5.82 Å². The molecular weight excluding hydrogens is 427 g/mol. The molecule has 0 saturated carbocycles. The van der Waals surface area contributed by atoms with Crippen molar-refractivity contribution in [1.29, 1.82) is 0 Å². The van der Waals surface area contributed by atoms with E-state index in [1.165, 1.54) is 0 Å². The summed E-state index contributed by atoms with van der Waals surface area (Å²) in [5.41, 5.74) is 1.31. The molecule has 0 radical (unpaired) electrons. The van der Waals surface area contributed by atoms with E-state index in [-0.39, 0.29) is 24.1 Å². The summed E-state index contributed by atoms with van der Waals surface area (Å²) in [5.74, 6) is -0.141. The molecule has 2 aliphatic heterocycles. The van der Waals surface area contributed by atoms with Crippen molar-refractivity contribution in [3.63, 3.8) is 0 Å². The lowest BCUT2D eigenvalue weighted by Crippen LogP contribution is -2.34. The molecule has 1 amide bonds. The van der Waals surface area contributed by atoms with Gasteiger partial charge in [-0.05, 0) is 12.5 Å². The number of carbonyl (C=O) groups is 1. The molecule has 162 valence electrons. The van der Waals surface area contributed by atoms with Gasteiger partial charge in [-0.25, -0.2) is 24.1 Å². The highest BCUT2D eigenvalue weighted by atomic mass is 35.5. The predicted octanol–water partition coefficient (Wildman–Crippen LogP) is 3.22. The van der Waals surface area contributed by atoms with Gasteiger partial charge in [-0.2, -0.15) is 0 Å². The van der Waals surface area contributed by atoms with Crippen molar-refractivity contribution in [2.75, 3.05) is 31.6 Å². The molecule has 2 aliphatic rings. The smallest absolute Gasteiger partial charge is 0.410 e. The Morgan fingerprint density at radius 1 is 1.35 bits per heavy atom. The summed E-state index contributed by atoms with van der Waals surface area (Å²) in [4.78, 5) is 29.7. The Bertz CT molecular complexity index is 1120. The Kier molecular flexibility index (Phi) is 5.33. The third-order valence-electron chi connectivity index (χ3n) is 5.43. The molecule has 11 heteroatoms. The van der Waals surface area contributed by atoms with E-state index in [1.54, 1.807) is 23.4 Å². The molecule has 0 bridgehead atoms. The summed E-state index contributed by atoms with van der Waals surface area (Å²) >= 11 is 6.06. The second-order valence-electron chi connectivity index (χ2n) is 7.59. The van der Waals surface area contributed by atoms with Crippen molar-refractivity contribution in [3.8, 4) is 11.4 Å². The van der Waals surface area contributed by atoms with Gasteiger partial charge in [0.15, 0.2) is 17.5 Å². The highest BCUT2D eigenvalue weighted by molar-refractivity contribution is 6.31. The number of aromatic nitrogens is 4. The first kappa shape index (κ1) is 20.0. The van der Waals surface area contributed by atoms with Gasteiger partial charge >= 0.3 is 6.09 Å². The number of pyridine rings is 1. The van der Waals surface area contributed by atoms with Gasteiger partial charge in [0.2, 0.25) is 0 Å². The van der Waals surface area contributed by atoms with Gasteiger partial charge in [-0.15, -0.1) is 0 Å². The number of carbonyl (C=O) groups excluding carboxylic acids is 1. The molecule has 2 atom stereocenters. The molecular formula is C20H20ClFN6O3. The lowest BCUT2D eigenvalue weighted by atomic mass is 10.2. The number of nitrogens with zero attached hydrogens (tertiary/aromatic N) is 4. The Hall–Kier alpha value is -2.98. The number of fused-ring (bicyclic) bond motifs is 1. The number of aromatic amines is 1. The highest BCUT2D eigenvalue weighted by Crippen LogP contribution is 2.28. The molecule has 5 heterocycles. The number of hydrogen-bond acceptors (Lipinski definition) is 7. The number of hydrogen-bond donors (Lipinski definition) is 2. The number of H-pyrrole nitrogens is 1. The topological polar surface area (TPSA) is 105 Å². The van der Waals surface area contributed by atoms with E-state index in [9.17, 15) is 9.18 Å². The van der Waals surface area contributed by atoms with Crippen LogP contribution in [0.4, 0.5) is 15.0 Å². The van der Waals surface area contributed by atoms with Crippen molar-refractivity contribution in [1.82, 2.24) is 24.8 Å². The molecule has 5 rings (SSSR count). The minimum absolute atomic E-state index is 0.0822. The minimum atomic E-state index is -0.566. The first-order chi connectivity index (χ1) is 15.1. The Labute approximate surface area is 181 Å². The predicted molar refractivity (Wildman–Crippen MR) is 111 cm³/mol. The van der Waals surface area contributed by atoms with Crippen LogP contribution in [0.3, 0.4) is 0 Å². The fourth-order valence-electron chi connectivity index (χ4n) is 3.82. The van der Waals surface area contributed by atoms with Crippen LogP contribution >= 0.6 is 11.6 Å². The van der Waals surface area contributed by atoms with E-state index in [1.807, 2.05) is 0 Å². The first-order valence-electron chi connectivity index (χ1n) is 10.0. The van der Waals surface area contributed by atoms with E-state index in [2.05, 4.69) is 25.3 Å². The molecule has 0 aromatic carbocycles. The number of amides is 1. The van der Waals surface area contributed by atoms with Crippen LogP contribution in [-0.2, 0) is 9.47 Å². The Morgan fingerprint density at radius 3 is 3.10 bits per heavy atom. The van der Waals surface area contributed by atoms with Crippen LogP contribution in [0.2, 0.25) is 5.02 Å². The quantitative estimate of drug-likeness (QED) is 0.633. The summed E-state index contributed by atoms with van der Waals surface area (Å²) in [6, 6.07) is 1.61. The van der Waals surface area contributed by atoms with Gasteiger partial charge in [0.25, 0.3) is 0 Å². The number of nitrogens with one attached hydrogen (secondary N) is 2. The van der Waals surface area contributed by atoms with Gasteiger partial charge in [0.05, 0.1) is 24.4 Å². The van der Waals surface area contributed by atoms with E-state index >= 15 is 0 Å². The molecule has 9 nitrogen and oxygen atoms in total. The molecule has 3 aromatic heterocycles. The molecule has 0 aliphatic carbocycles. The summed E-state index contributed by atoms with van der Waals surface area (Å²) in [7, 11) is 0. The highest BCUT2D eigenvalue weighted by Gasteiger charge is 2.30. The SMILES string of the molecule is O=C(O[C@H]1CCOC1)N1CC[C@H](Nc2nc(-c3c[nH]c4ncc(Cl)cc34)ncc2F)C1. The molecule has 2 fully saturated rings. The maximum atomic E-state index is 14.4. The second-order valence-corrected chi connectivity index (χ2v) is 8.02. The van der Waals surface area contributed by atoms with Crippen molar-refractivity contribution < 1.29 is 18.7 Å². The lowest BCUT2D eigenvalue weighted by molar-refractivity contribution is 0.0595. The Morgan fingerprint density at radius 2 is 2.26 bits per heavy atom. The zero-order valence-electron chi connectivity index (χ0n) is 16.5. The van der Waals surface area contributed by atoms with Gasteiger partial charge in [0.1, 0.15) is 11.8 Å². The fourth-order valence-corrected chi connectivity index (χ4v) is 3.98. The van der Waals surface area contributed by atoms with Crippen LogP contribution in [0.15, 0.2) is 24.7 Å². The van der Waals surface area contributed by atoms with Crippen LogP contribution in [0.25, 0.3) is 22.4 Å². The van der Waals surface area contributed by atoms with Gasteiger partial charge in [-0.1, -0.05) is 11.6 Å².